The highest BCUT2D eigenvalue weighted by atomic mass is 19.4. The first-order chi connectivity index (χ1) is 19.3. The van der Waals surface area contributed by atoms with Gasteiger partial charge in [-0.2, -0.15) is 26.3 Å². The zero-order valence-corrected chi connectivity index (χ0v) is 23.4. The molecule has 42 heavy (non-hydrogen) atoms. The van der Waals surface area contributed by atoms with E-state index in [0.717, 1.165) is 9.80 Å². The van der Waals surface area contributed by atoms with E-state index in [1.165, 1.54) is 20.8 Å². The quantitative estimate of drug-likeness (QED) is 0.446. The van der Waals surface area contributed by atoms with Crippen LogP contribution in [0.5, 0.6) is 5.75 Å². The highest BCUT2D eigenvalue weighted by Gasteiger charge is 2.63. The van der Waals surface area contributed by atoms with Crippen molar-refractivity contribution in [2.24, 2.45) is 0 Å². The number of likely N-dealkylation sites (tertiary alicyclic amines) is 1. The summed E-state index contributed by atoms with van der Waals surface area (Å²) in [7, 11) is 0. The summed E-state index contributed by atoms with van der Waals surface area (Å²) in [5, 5.41) is 11.8. The molecule has 1 saturated heterocycles. The highest BCUT2D eigenvalue weighted by Crippen LogP contribution is 2.48. The van der Waals surface area contributed by atoms with Crippen LogP contribution >= 0.6 is 0 Å². The third kappa shape index (κ3) is 6.36. The molecule has 0 aliphatic carbocycles. The van der Waals surface area contributed by atoms with Crippen LogP contribution in [0.4, 0.5) is 36.8 Å². The van der Waals surface area contributed by atoms with E-state index < -0.39 is 83.0 Å². The van der Waals surface area contributed by atoms with E-state index in [9.17, 15) is 50.6 Å². The third-order valence-corrected chi connectivity index (χ3v) is 7.26. The summed E-state index contributed by atoms with van der Waals surface area (Å²) in [6.45, 7) is 4.11. The summed E-state index contributed by atoms with van der Waals surface area (Å²) >= 11 is 0. The number of halogens is 6. The lowest BCUT2D eigenvalue weighted by Gasteiger charge is -2.43. The monoisotopic (exact) mass is 610 g/mol. The molecule has 16 heteroatoms. The largest absolute Gasteiger partial charge is 0.466 e. The molecular weight excluding hydrogens is 578 g/mol. The lowest BCUT2D eigenvalue weighted by Crippen LogP contribution is -2.63. The van der Waals surface area contributed by atoms with Gasteiger partial charge in [0.2, 0.25) is 5.91 Å². The molecule has 0 aromatic heterocycles. The Hall–Kier alpha value is -3.72. The van der Waals surface area contributed by atoms with Gasteiger partial charge >= 0.3 is 18.4 Å². The van der Waals surface area contributed by atoms with Gasteiger partial charge < -0.3 is 29.9 Å². The highest BCUT2D eigenvalue weighted by molar-refractivity contribution is 6.05. The van der Waals surface area contributed by atoms with Gasteiger partial charge in [0.15, 0.2) is 0 Å². The van der Waals surface area contributed by atoms with E-state index in [4.69, 9.17) is 4.74 Å². The van der Waals surface area contributed by atoms with Crippen molar-refractivity contribution in [1.82, 2.24) is 15.1 Å². The van der Waals surface area contributed by atoms with Crippen LogP contribution in [-0.2, 0) is 15.8 Å². The normalized spacial score (nSPS) is 21.1. The molecule has 10 nitrogen and oxygen atoms in total. The van der Waals surface area contributed by atoms with Gasteiger partial charge in [0.05, 0.1) is 22.9 Å². The summed E-state index contributed by atoms with van der Waals surface area (Å²) in [5.74, 6) is -4.19. The molecule has 2 heterocycles. The summed E-state index contributed by atoms with van der Waals surface area (Å²) in [6, 6.07) is -0.547. The molecule has 2 N–H and O–H groups in total. The molecule has 0 bridgehead atoms. The predicted molar refractivity (Wildman–Crippen MR) is 136 cm³/mol. The number of fused-ring (bicyclic) bond motifs is 1. The van der Waals surface area contributed by atoms with Crippen LogP contribution in [0.15, 0.2) is 12.1 Å². The fraction of sp³-hybridized carbons (Fsp3) is 0.615. The number of carboxylic acid groups (broad SMARTS) is 1. The van der Waals surface area contributed by atoms with Crippen molar-refractivity contribution in [3.05, 3.63) is 23.3 Å². The summed E-state index contributed by atoms with van der Waals surface area (Å²) in [4.78, 5) is 52.9. The zero-order chi connectivity index (χ0) is 31.8. The second-order valence-corrected chi connectivity index (χ2v) is 10.5. The second kappa shape index (κ2) is 11.9. The molecule has 4 amide bonds. The fourth-order valence-electron chi connectivity index (χ4n) is 5.05. The smallest absolute Gasteiger partial charge is 0.437 e. The number of rotatable bonds is 7. The molecule has 0 saturated carbocycles. The first-order valence-corrected chi connectivity index (χ1v) is 13.2. The Balaban J connectivity index is 2.18. The molecule has 2 aliphatic rings. The van der Waals surface area contributed by atoms with E-state index in [-0.39, 0.29) is 32.1 Å². The Morgan fingerprint density at radius 2 is 1.83 bits per heavy atom. The lowest BCUT2D eigenvalue weighted by molar-refractivity contribution is -0.236. The van der Waals surface area contributed by atoms with Crippen LogP contribution in [-0.4, -0.2) is 88.8 Å². The number of nitrogens with zero attached hydrogens (tertiary/aromatic N) is 3. The van der Waals surface area contributed by atoms with Crippen molar-refractivity contribution in [1.29, 1.82) is 0 Å². The number of ether oxygens (including phenoxy) is 1. The average molecular weight is 611 g/mol. The second-order valence-electron chi connectivity index (χ2n) is 10.5. The van der Waals surface area contributed by atoms with Gasteiger partial charge in [0, 0.05) is 38.6 Å². The number of hydrogen-bond acceptors (Lipinski definition) is 5. The van der Waals surface area contributed by atoms with E-state index in [2.05, 4.69) is 5.32 Å². The van der Waals surface area contributed by atoms with Crippen LogP contribution < -0.4 is 15.0 Å². The summed E-state index contributed by atoms with van der Waals surface area (Å²) in [6.07, 6.45) is -11.1. The Morgan fingerprint density at radius 1 is 1.19 bits per heavy atom. The van der Waals surface area contributed by atoms with Crippen LogP contribution in [0.2, 0.25) is 0 Å². The average Bonchev–Trinajstić information content (AvgIpc) is 2.88. The van der Waals surface area contributed by atoms with E-state index >= 15 is 0 Å². The number of piperidine rings is 1. The fourth-order valence-corrected chi connectivity index (χ4v) is 5.05. The molecule has 0 spiro atoms. The third-order valence-electron chi connectivity index (χ3n) is 7.26. The van der Waals surface area contributed by atoms with Crippen molar-refractivity contribution >= 4 is 29.5 Å². The number of carbonyl (C=O) groups excluding carboxylic acids is 3. The predicted octanol–water partition coefficient (Wildman–Crippen LogP) is 4.27. The number of benzene rings is 1. The van der Waals surface area contributed by atoms with E-state index in [1.807, 2.05) is 0 Å². The minimum Gasteiger partial charge on any atom is -0.466 e. The maximum atomic E-state index is 14.3. The Kier molecular flexibility index (Phi) is 9.27. The number of nitrogens with one attached hydrogen (secondary N) is 1. The Labute approximate surface area is 237 Å². The maximum Gasteiger partial charge on any atom is 0.437 e. The number of carbonyl (C=O) groups is 4. The molecule has 1 fully saturated rings. The first-order valence-electron chi connectivity index (χ1n) is 13.2. The van der Waals surface area contributed by atoms with E-state index in [1.54, 1.807) is 0 Å². The minimum atomic E-state index is -5.33. The van der Waals surface area contributed by atoms with Crippen molar-refractivity contribution in [2.75, 3.05) is 31.1 Å². The molecule has 2 atom stereocenters. The van der Waals surface area contributed by atoms with Crippen LogP contribution in [0.3, 0.4) is 0 Å². The van der Waals surface area contributed by atoms with E-state index in [0.29, 0.717) is 30.7 Å². The van der Waals surface area contributed by atoms with Crippen molar-refractivity contribution < 1.29 is 55.4 Å². The van der Waals surface area contributed by atoms with Gasteiger partial charge in [-0.05, 0) is 45.7 Å². The molecule has 234 valence electrons. The standard InChI is InChI=1S/C26H32F6N4O6/c1-5-20(37)33-8-10-35-18-11-16(21(38)36(14(2)3)15-7-6-9-34(13-15)23(40)41)17(25(27,28)29)12-19(18)42-24(4,22(35)39)26(30,31)32/h11-12,14-15H,5-10,13H2,1-4H3,(H,33,37)(H,40,41)/t15?,24-/m1/s1. The first kappa shape index (κ1) is 32.8. The number of alkyl halides is 6. The maximum absolute atomic E-state index is 14.3. The molecule has 1 aromatic rings. The van der Waals surface area contributed by atoms with Crippen LogP contribution in [0.1, 0.15) is 62.9 Å². The van der Waals surface area contributed by atoms with Gasteiger partial charge in [-0.3, -0.25) is 14.4 Å². The van der Waals surface area contributed by atoms with Crippen LogP contribution in [0, 0.1) is 0 Å². The topological polar surface area (TPSA) is 119 Å². The molecule has 1 aromatic carbocycles. The molecule has 0 radical (unpaired) electrons. The summed E-state index contributed by atoms with van der Waals surface area (Å²) in [5.41, 5.74) is -6.59. The van der Waals surface area contributed by atoms with Gasteiger partial charge in [-0.1, -0.05) is 6.92 Å². The summed E-state index contributed by atoms with van der Waals surface area (Å²) < 4.78 is 89.9. The van der Waals surface area contributed by atoms with Crippen molar-refractivity contribution in [2.45, 2.75) is 77.0 Å². The zero-order valence-electron chi connectivity index (χ0n) is 23.4. The van der Waals surface area contributed by atoms with Crippen LogP contribution in [0.25, 0.3) is 0 Å². The van der Waals surface area contributed by atoms with Gasteiger partial charge in [-0.15, -0.1) is 0 Å². The minimum absolute atomic E-state index is 0.0347. The molecule has 2 aliphatic heterocycles. The van der Waals surface area contributed by atoms with Gasteiger partial charge in [-0.25, -0.2) is 4.79 Å². The van der Waals surface area contributed by atoms with Crippen molar-refractivity contribution in [3.8, 4) is 5.75 Å². The Morgan fingerprint density at radius 3 is 2.36 bits per heavy atom. The SMILES string of the molecule is CCC(=O)NCCN1C(=O)[C@](C)(C(F)(F)F)Oc2cc(C(F)(F)F)c(C(=O)N(C(C)C)C3CCCN(C(=O)O)C3)cc21. The van der Waals surface area contributed by atoms with Gasteiger partial charge in [0.25, 0.3) is 17.4 Å². The molecular formula is C26H32F6N4O6. The van der Waals surface area contributed by atoms with Gasteiger partial charge in [0.1, 0.15) is 5.75 Å². The molecule has 3 rings (SSSR count). The number of hydrogen-bond donors (Lipinski definition) is 2. The Bertz CT molecular complexity index is 1240. The number of anilines is 1. The molecule has 1 unspecified atom stereocenters. The number of amides is 4. The van der Waals surface area contributed by atoms with Crippen molar-refractivity contribution in [3.63, 3.8) is 0 Å². The lowest BCUT2D eigenvalue weighted by atomic mass is 9.95.